The van der Waals surface area contributed by atoms with Crippen LogP contribution >= 0.6 is 0 Å². The Labute approximate surface area is 85.5 Å². The summed E-state index contributed by atoms with van der Waals surface area (Å²) in [5.74, 6) is 0.774. The van der Waals surface area contributed by atoms with Crippen LogP contribution in [0.25, 0.3) is 0 Å². The lowest BCUT2D eigenvalue weighted by Gasteiger charge is -2.29. The van der Waals surface area contributed by atoms with Crippen molar-refractivity contribution >= 4 is 0 Å². The van der Waals surface area contributed by atoms with Crippen molar-refractivity contribution < 1.29 is 0 Å². The fourth-order valence-corrected chi connectivity index (χ4v) is 1.84. The molecule has 2 heterocycles. The maximum atomic E-state index is 4.39. The minimum absolute atomic E-state index is 0.202. The molecule has 0 aliphatic carbocycles. The zero-order chi connectivity index (χ0) is 10.2. The Hall–Kier alpha value is -0.830. The first kappa shape index (κ1) is 9.71. The van der Waals surface area contributed by atoms with E-state index in [1.54, 1.807) is 0 Å². The molecule has 1 aliphatic heterocycles. The highest BCUT2D eigenvalue weighted by Gasteiger charge is 2.22. The van der Waals surface area contributed by atoms with Gasteiger partial charge in [0.15, 0.2) is 0 Å². The molecule has 0 radical (unpaired) electrons. The first-order chi connectivity index (χ1) is 6.57. The molecule has 0 aromatic carbocycles. The van der Waals surface area contributed by atoms with E-state index in [4.69, 9.17) is 0 Å². The lowest BCUT2D eigenvalue weighted by molar-refractivity contribution is 0.286. The molecule has 0 bridgehead atoms. The Morgan fingerprint density at radius 3 is 2.71 bits per heavy atom. The van der Waals surface area contributed by atoms with Gasteiger partial charge in [-0.15, -0.1) is 0 Å². The first-order valence-electron chi connectivity index (χ1n) is 5.30. The van der Waals surface area contributed by atoms with Gasteiger partial charge in [-0.1, -0.05) is 20.8 Å². The second kappa shape index (κ2) is 3.39. The maximum Gasteiger partial charge on any atom is 0.0492 e. The summed E-state index contributed by atoms with van der Waals surface area (Å²) in [5.41, 5.74) is 1.54. The van der Waals surface area contributed by atoms with Crippen molar-refractivity contribution in [2.75, 3.05) is 13.1 Å². The number of nitrogens with zero attached hydrogens (tertiary/aromatic N) is 2. The summed E-state index contributed by atoms with van der Waals surface area (Å²) in [6.07, 6.45) is 1.91. The fraction of sp³-hybridized carbons (Fsp3) is 0.727. The van der Waals surface area contributed by atoms with Crippen molar-refractivity contribution in [2.45, 2.75) is 32.7 Å². The van der Waals surface area contributed by atoms with Gasteiger partial charge in [0.2, 0.25) is 0 Å². The fourth-order valence-electron chi connectivity index (χ4n) is 1.84. The molecule has 0 amide bonds. The van der Waals surface area contributed by atoms with E-state index in [1.807, 2.05) is 6.20 Å². The van der Waals surface area contributed by atoms with Crippen LogP contribution in [-0.2, 0) is 12.0 Å². The predicted octanol–water partition coefficient (Wildman–Crippen LogP) is 1.40. The van der Waals surface area contributed by atoms with Gasteiger partial charge in [0.05, 0.1) is 0 Å². The monoisotopic (exact) mass is 193 g/mol. The molecule has 0 atom stereocenters. The molecule has 0 unspecified atom stereocenters. The van der Waals surface area contributed by atoms with E-state index in [9.17, 15) is 0 Å². The second-order valence-corrected chi connectivity index (χ2v) is 5.17. The predicted molar refractivity (Wildman–Crippen MR) is 57.3 cm³/mol. The van der Waals surface area contributed by atoms with Gasteiger partial charge < -0.3 is 5.32 Å². The van der Waals surface area contributed by atoms with Crippen LogP contribution in [0.1, 0.15) is 26.5 Å². The third-order valence-corrected chi connectivity index (χ3v) is 2.78. The SMILES string of the molecule is CC(C)(C)c1ccnn1CC1CNC1. The first-order valence-corrected chi connectivity index (χ1v) is 5.30. The minimum atomic E-state index is 0.202. The second-order valence-electron chi connectivity index (χ2n) is 5.17. The topological polar surface area (TPSA) is 29.9 Å². The Morgan fingerprint density at radius 1 is 1.50 bits per heavy atom. The average Bonchev–Trinajstić information content (AvgIpc) is 2.42. The average molecular weight is 193 g/mol. The van der Waals surface area contributed by atoms with Gasteiger partial charge in [-0.25, -0.2) is 0 Å². The van der Waals surface area contributed by atoms with Crippen LogP contribution in [0.5, 0.6) is 0 Å². The smallest absolute Gasteiger partial charge is 0.0492 e. The van der Waals surface area contributed by atoms with E-state index < -0.39 is 0 Å². The summed E-state index contributed by atoms with van der Waals surface area (Å²) in [4.78, 5) is 0. The number of hydrogen-bond donors (Lipinski definition) is 1. The van der Waals surface area contributed by atoms with Gasteiger partial charge in [-0.2, -0.15) is 5.10 Å². The Morgan fingerprint density at radius 2 is 2.21 bits per heavy atom. The van der Waals surface area contributed by atoms with Crippen molar-refractivity contribution in [1.29, 1.82) is 0 Å². The minimum Gasteiger partial charge on any atom is -0.316 e. The van der Waals surface area contributed by atoms with E-state index in [0.717, 1.165) is 25.6 Å². The number of nitrogens with one attached hydrogen (secondary N) is 1. The largest absolute Gasteiger partial charge is 0.316 e. The van der Waals surface area contributed by atoms with Crippen LogP contribution < -0.4 is 5.32 Å². The van der Waals surface area contributed by atoms with E-state index >= 15 is 0 Å². The zero-order valence-corrected chi connectivity index (χ0v) is 9.25. The van der Waals surface area contributed by atoms with Gasteiger partial charge in [0, 0.05) is 42.9 Å². The van der Waals surface area contributed by atoms with Crippen LogP contribution in [0.4, 0.5) is 0 Å². The highest BCUT2D eigenvalue weighted by molar-refractivity contribution is 5.12. The van der Waals surface area contributed by atoms with Crippen LogP contribution in [-0.4, -0.2) is 22.9 Å². The highest BCUT2D eigenvalue weighted by atomic mass is 15.3. The summed E-state index contributed by atoms with van der Waals surface area (Å²) in [7, 11) is 0. The number of rotatable bonds is 2. The summed E-state index contributed by atoms with van der Waals surface area (Å²) < 4.78 is 2.16. The third kappa shape index (κ3) is 1.82. The molecule has 0 spiro atoms. The molecule has 1 N–H and O–H groups in total. The van der Waals surface area contributed by atoms with E-state index in [-0.39, 0.29) is 5.41 Å². The zero-order valence-electron chi connectivity index (χ0n) is 9.25. The van der Waals surface area contributed by atoms with Gasteiger partial charge in [0.1, 0.15) is 0 Å². The quantitative estimate of drug-likeness (QED) is 0.769. The molecule has 2 rings (SSSR count). The van der Waals surface area contributed by atoms with Crippen molar-refractivity contribution in [2.24, 2.45) is 5.92 Å². The molecular formula is C11H19N3. The molecule has 1 fully saturated rings. The van der Waals surface area contributed by atoms with Gasteiger partial charge in [-0.05, 0) is 6.07 Å². The Bertz CT molecular complexity index is 305. The Balaban J connectivity index is 2.12. The molecule has 3 heteroatoms. The van der Waals surface area contributed by atoms with E-state index in [1.165, 1.54) is 5.69 Å². The lowest BCUT2D eigenvalue weighted by Crippen LogP contribution is -2.44. The molecule has 3 nitrogen and oxygen atoms in total. The van der Waals surface area contributed by atoms with Crippen molar-refractivity contribution in [3.05, 3.63) is 18.0 Å². The molecule has 1 aliphatic rings. The van der Waals surface area contributed by atoms with Crippen molar-refractivity contribution in [3.63, 3.8) is 0 Å². The molecule has 1 aromatic heterocycles. The van der Waals surface area contributed by atoms with Crippen LogP contribution in [0.15, 0.2) is 12.3 Å². The molecular weight excluding hydrogens is 174 g/mol. The van der Waals surface area contributed by atoms with Crippen LogP contribution in [0.2, 0.25) is 0 Å². The van der Waals surface area contributed by atoms with Crippen molar-refractivity contribution in [1.82, 2.24) is 15.1 Å². The lowest BCUT2D eigenvalue weighted by atomic mass is 9.92. The third-order valence-electron chi connectivity index (χ3n) is 2.78. The van der Waals surface area contributed by atoms with Crippen LogP contribution in [0, 0.1) is 5.92 Å². The normalized spacial score (nSPS) is 18.2. The molecule has 14 heavy (non-hydrogen) atoms. The Kier molecular flexibility index (Phi) is 2.35. The molecule has 0 saturated carbocycles. The number of aromatic nitrogens is 2. The van der Waals surface area contributed by atoms with Gasteiger partial charge >= 0.3 is 0 Å². The summed E-state index contributed by atoms with van der Waals surface area (Å²) in [5, 5.41) is 7.68. The highest BCUT2D eigenvalue weighted by Crippen LogP contribution is 2.22. The summed E-state index contributed by atoms with van der Waals surface area (Å²) >= 11 is 0. The van der Waals surface area contributed by atoms with E-state index in [0.29, 0.717) is 0 Å². The summed E-state index contributed by atoms with van der Waals surface area (Å²) in [6.45, 7) is 10.1. The number of hydrogen-bond acceptors (Lipinski definition) is 2. The standard InChI is InChI=1S/C11H19N3/c1-11(2,3)10-4-5-13-14(10)8-9-6-12-7-9/h4-5,9,12H,6-8H2,1-3H3. The molecule has 1 aromatic rings. The van der Waals surface area contributed by atoms with Gasteiger partial charge in [0.25, 0.3) is 0 Å². The van der Waals surface area contributed by atoms with Crippen molar-refractivity contribution in [3.8, 4) is 0 Å². The molecule has 78 valence electrons. The summed E-state index contributed by atoms with van der Waals surface area (Å²) in [6, 6.07) is 2.13. The van der Waals surface area contributed by atoms with E-state index in [2.05, 4.69) is 41.9 Å². The van der Waals surface area contributed by atoms with Gasteiger partial charge in [-0.3, -0.25) is 4.68 Å². The molecule has 1 saturated heterocycles. The maximum absolute atomic E-state index is 4.39. The van der Waals surface area contributed by atoms with Crippen LogP contribution in [0.3, 0.4) is 0 Å².